The number of nitro groups is 1. The molecule has 0 aromatic heterocycles. The van der Waals surface area contributed by atoms with Crippen LogP contribution in [0.5, 0.6) is 0 Å². The third-order valence-corrected chi connectivity index (χ3v) is 3.06. The van der Waals surface area contributed by atoms with E-state index < -0.39 is 25.5 Å². The zero-order valence-corrected chi connectivity index (χ0v) is 9.92. The second kappa shape index (κ2) is 5.03. The Morgan fingerprint density at radius 3 is 2.53 bits per heavy atom. The molecule has 17 heavy (non-hydrogen) atoms. The summed E-state index contributed by atoms with van der Waals surface area (Å²) >= 11 is 4.40. The molecule has 0 aliphatic rings. The van der Waals surface area contributed by atoms with Crippen LogP contribution in [0.25, 0.3) is 0 Å². The molecule has 92 valence electrons. The van der Waals surface area contributed by atoms with E-state index in [-0.39, 0.29) is 5.11 Å². The van der Waals surface area contributed by atoms with Gasteiger partial charge in [0, 0.05) is 6.07 Å². The van der Waals surface area contributed by atoms with Gasteiger partial charge in [-0.15, -0.1) is 4.83 Å². The highest BCUT2D eigenvalue weighted by atomic mass is 32.2. The number of thiocarbonyl (C=S) groups is 1. The maximum atomic E-state index is 11.7. The normalized spacial score (nSPS) is 10.8. The fraction of sp³-hybridized carbons (Fsp3) is 0. The van der Waals surface area contributed by atoms with Crippen LogP contribution in [0.3, 0.4) is 0 Å². The van der Waals surface area contributed by atoms with E-state index in [2.05, 4.69) is 12.2 Å². The van der Waals surface area contributed by atoms with Crippen molar-refractivity contribution in [2.24, 2.45) is 5.73 Å². The molecule has 4 N–H and O–H groups in total. The highest BCUT2D eigenvalue weighted by Crippen LogP contribution is 2.21. The minimum atomic E-state index is -4.10. The van der Waals surface area contributed by atoms with Gasteiger partial charge in [-0.05, 0) is 18.3 Å². The van der Waals surface area contributed by atoms with E-state index in [4.69, 9.17) is 5.73 Å². The molecule has 0 unspecified atom stereocenters. The number of nitro benzene ring substituents is 1. The van der Waals surface area contributed by atoms with E-state index in [9.17, 15) is 18.5 Å². The van der Waals surface area contributed by atoms with Crippen molar-refractivity contribution in [1.29, 1.82) is 0 Å². The fourth-order valence-corrected chi connectivity index (χ4v) is 2.15. The number of hydrogen-bond acceptors (Lipinski definition) is 5. The molecule has 0 spiro atoms. The summed E-state index contributed by atoms with van der Waals surface area (Å²) < 4.78 is 23.3. The number of nitrogens with zero attached hydrogens (tertiary/aromatic N) is 1. The molecule has 0 aliphatic heterocycles. The molecule has 0 heterocycles. The first kappa shape index (κ1) is 13.3. The van der Waals surface area contributed by atoms with Gasteiger partial charge in [-0.1, -0.05) is 12.1 Å². The topological polar surface area (TPSA) is 127 Å². The number of sulfonamides is 1. The predicted octanol–water partition coefficient (Wildman–Crippen LogP) is -0.379. The first-order valence-electron chi connectivity index (χ1n) is 4.15. The molecule has 10 heteroatoms. The number of rotatable bonds is 4. The van der Waals surface area contributed by atoms with Gasteiger partial charge in [0.15, 0.2) is 10.0 Å². The molecule has 0 aliphatic carbocycles. The lowest BCUT2D eigenvalue weighted by atomic mass is 10.3. The van der Waals surface area contributed by atoms with E-state index in [0.29, 0.717) is 0 Å². The summed E-state index contributed by atoms with van der Waals surface area (Å²) in [7, 11) is -4.10. The van der Waals surface area contributed by atoms with Crippen LogP contribution in [0.1, 0.15) is 0 Å². The molecule has 0 fully saturated rings. The fourth-order valence-electron chi connectivity index (χ4n) is 1.01. The second-order valence-corrected chi connectivity index (χ2v) is 4.91. The summed E-state index contributed by atoms with van der Waals surface area (Å²) in [6.45, 7) is 0. The maximum absolute atomic E-state index is 11.7. The summed E-state index contributed by atoms with van der Waals surface area (Å²) in [6.07, 6.45) is 0. The zero-order valence-electron chi connectivity index (χ0n) is 8.28. The molecular weight excluding hydrogens is 268 g/mol. The molecule has 0 saturated heterocycles. The van der Waals surface area contributed by atoms with E-state index in [0.717, 1.165) is 12.1 Å². The molecule has 1 rings (SSSR count). The average Bonchev–Trinajstić information content (AvgIpc) is 2.26. The average molecular weight is 276 g/mol. The molecule has 0 saturated carbocycles. The van der Waals surface area contributed by atoms with Crippen molar-refractivity contribution in [1.82, 2.24) is 10.3 Å². The summed E-state index contributed by atoms with van der Waals surface area (Å²) in [5.41, 5.74) is 6.50. The van der Waals surface area contributed by atoms with Crippen molar-refractivity contribution in [2.75, 3.05) is 0 Å². The molecule has 0 bridgehead atoms. The van der Waals surface area contributed by atoms with Gasteiger partial charge in [0.2, 0.25) is 0 Å². The van der Waals surface area contributed by atoms with Crippen molar-refractivity contribution in [3.05, 3.63) is 34.4 Å². The third-order valence-electron chi connectivity index (χ3n) is 1.66. The van der Waals surface area contributed by atoms with E-state index >= 15 is 0 Å². The highest BCUT2D eigenvalue weighted by Gasteiger charge is 2.24. The van der Waals surface area contributed by atoms with E-state index in [1.807, 2.05) is 10.3 Å². The first-order chi connectivity index (χ1) is 7.84. The molecule has 0 atom stereocenters. The van der Waals surface area contributed by atoms with E-state index in [1.165, 1.54) is 12.1 Å². The lowest BCUT2D eigenvalue weighted by Crippen LogP contribution is -2.44. The largest absolute Gasteiger partial charge is 0.375 e. The Labute approximate surface area is 102 Å². The molecule has 8 nitrogen and oxygen atoms in total. The van der Waals surface area contributed by atoms with Crippen molar-refractivity contribution in [3.63, 3.8) is 0 Å². The van der Waals surface area contributed by atoms with Gasteiger partial charge in [0.1, 0.15) is 0 Å². The van der Waals surface area contributed by atoms with Gasteiger partial charge in [-0.3, -0.25) is 15.5 Å². The van der Waals surface area contributed by atoms with Gasteiger partial charge < -0.3 is 5.73 Å². The van der Waals surface area contributed by atoms with Gasteiger partial charge in [-0.25, -0.2) is 8.42 Å². The van der Waals surface area contributed by atoms with Gasteiger partial charge in [-0.2, -0.15) is 0 Å². The third kappa shape index (κ3) is 3.34. The highest BCUT2D eigenvalue weighted by molar-refractivity contribution is 7.89. The van der Waals surface area contributed by atoms with E-state index in [1.54, 1.807) is 0 Å². The summed E-state index contributed by atoms with van der Waals surface area (Å²) in [5, 5.41) is 10.4. The Kier molecular flexibility index (Phi) is 3.93. The van der Waals surface area contributed by atoms with Crippen LogP contribution in [0.2, 0.25) is 0 Å². The monoisotopic (exact) mass is 276 g/mol. The van der Waals surface area contributed by atoms with Gasteiger partial charge >= 0.3 is 0 Å². The number of para-hydroxylation sites is 1. The summed E-state index contributed by atoms with van der Waals surface area (Å²) in [4.78, 5) is 11.2. The molecule has 1 aromatic carbocycles. The number of hydrogen-bond donors (Lipinski definition) is 3. The van der Waals surface area contributed by atoms with Crippen LogP contribution < -0.4 is 16.0 Å². The van der Waals surface area contributed by atoms with Crippen molar-refractivity contribution >= 4 is 33.0 Å². The molecule has 0 radical (unpaired) electrons. The van der Waals surface area contributed by atoms with Gasteiger partial charge in [0.25, 0.3) is 15.7 Å². The summed E-state index contributed by atoms with van der Waals surface area (Å²) in [5.74, 6) is 0. The molecule has 0 amide bonds. The maximum Gasteiger partial charge on any atom is 0.289 e. The smallest absolute Gasteiger partial charge is 0.289 e. The number of benzene rings is 1. The Balaban J connectivity index is 3.15. The molecule has 1 aromatic rings. The van der Waals surface area contributed by atoms with Crippen LogP contribution >= 0.6 is 12.2 Å². The summed E-state index contributed by atoms with van der Waals surface area (Å²) in [6, 6.07) is 4.90. The van der Waals surface area contributed by atoms with Crippen LogP contribution in [0.15, 0.2) is 29.2 Å². The van der Waals surface area contributed by atoms with Gasteiger partial charge in [0.05, 0.1) is 4.92 Å². The van der Waals surface area contributed by atoms with Crippen LogP contribution in [-0.2, 0) is 10.0 Å². The van der Waals surface area contributed by atoms with Crippen molar-refractivity contribution in [3.8, 4) is 0 Å². The van der Waals surface area contributed by atoms with Crippen molar-refractivity contribution in [2.45, 2.75) is 4.90 Å². The second-order valence-electron chi connectivity index (χ2n) is 2.82. The predicted molar refractivity (Wildman–Crippen MR) is 63.3 cm³/mol. The van der Waals surface area contributed by atoms with Crippen LogP contribution in [-0.4, -0.2) is 18.5 Å². The molecular formula is C7H8N4O4S2. The minimum Gasteiger partial charge on any atom is -0.375 e. The first-order valence-corrected chi connectivity index (χ1v) is 6.04. The minimum absolute atomic E-state index is 0.299. The SMILES string of the molecule is NC(=S)NNS(=O)(=O)c1ccccc1[N+](=O)[O-]. The lowest BCUT2D eigenvalue weighted by molar-refractivity contribution is -0.387. The Morgan fingerprint density at radius 1 is 1.41 bits per heavy atom. The Hall–Kier alpha value is -1.78. The number of nitrogens with two attached hydrogens (primary N) is 1. The van der Waals surface area contributed by atoms with Crippen LogP contribution in [0.4, 0.5) is 5.69 Å². The number of nitrogens with one attached hydrogen (secondary N) is 2. The Bertz CT molecular complexity index is 557. The standard InChI is InChI=1S/C7H8N4O4S2/c8-7(16)9-10-17(14,15)6-4-2-1-3-5(6)11(12)13/h1-4,10H,(H3,8,9,16). The van der Waals surface area contributed by atoms with Crippen molar-refractivity contribution < 1.29 is 13.3 Å². The zero-order chi connectivity index (χ0) is 13.1. The number of hydrazine groups is 1. The van der Waals surface area contributed by atoms with Crippen LogP contribution in [0, 0.1) is 10.1 Å². The quantitative estimate of drug-likeness (QED) is 0.388. The lowest BCUT2D eigenvalue weighted by Gasteiger charge is -2.07. The Morgan fingerprint density at radius 2 is 2.00 bits per heavy atom.